The molecule has 60 valence electrons. The van der Waals surface area contributed by atoms with Crippen LogP contribution in [0.25, 0.3) is 0 Å². The van der Waals surface area contributed by atoms with Crippen LogP contribution in [-0.2, 0) is 4.74 Å². The Balaban J connectivity index is 2.52. The van der Waals surface area contributed by atoms with Crippen molar-refractivity contribution >= 4 is 0 Å². The molecule has 10 heavy (non-hydrogen) atoms. The van der Waals surface area contributed by atoms with Crippen LogP contribution < -0.4 is 5.73 Å². The Morgan fingerprint density at radius 1 is 1.40 bits per heavy atom. The number of nitrogens with two attached hydrogens (primary N) is 1. The molecule has 0 aromatic rings. The summed E-state index contributed by atoms with van der Waals surface area (Å²) in [5, 5.41) is 18.3. The third-order valence-electron chi connectivity index (χ3n) is 1.82. The monoisotopic (exact) mass is 147 g/mol. The number of ether oxygens (including phenoxy) is 1. The summed E-state index contributed by atoms with van der Waals surface area (Å²) in [6.45, 7) is 2.03. The standard InChI is InChI=1S/C6H13NO3/c1-3-5(8)6(9)4(7)2-10-3/h3-6,8-9H,2,7H2,1H3/t3-,4-,5-,6-/m1/s1. The summed E-state index contributed by atoms with van der Waals surface area (Å²) in [5.41, 5.74) is 5.40. The molecule has 0 aliphatic carbocycles. The van der Waals surface area contributed by atoms with E-state index >= 15 is 0 Å². The first-order valence-electron chi connectivity index (χ1n) is 3.36. The van der Waals surface area contributed by atoms with Crippen LogP contribution in [0.15, 0.2) is 0 Å². The van der Waals surface area contributed by atoms with E-state index in [1.807, 2.05) is 0 Å². The summed E-state index contributed by atoms with van der Waals surface area (Å²) in [5.74, 6) is 0. The minimum Gasteiger partial charge on any atom is -0.389 e. The summed E-state index contributed by atoms with van der Waals surface area (Å²) >= 11 is 0. The highest BCUT2D eigenvalue weighted by Gasteiger charge is 2.33. The summed E-state index contributed by atoms with van der Waals surface area (Å²) < 4.78 is 5.04. The lowest BCUT2D eigenvalue weighted by Gasteiger charge is -2.33. The molecule has 0 bridgehead atoms. The first kappa shape index (κ1) is 7.94. The Hall–Kier alpha value is -0.160. The van der Waals surface area contributed by atoms with E-state index in [1.165, 1.54) is 0 Å². The van der Waals surface area contributed by atoms with Gasteiger partial charge in [-0.2, -0.15) is 0 Å². The van der Waals surface area contributed by atoms with E-state index in [1.54, 1.807) is 6.92 Å². The predicted molar refractivity (Wildman–Crippen MR) is 35.4 cm³/mol. The van der Waals surface area contributed by atoms with Crippen molar-refractivity contribution in [3.05, 3.63) is 0 Å². The SMILES string of the molecule is C[C@H]1OC[C@@H](N)[C@@H](O)[C@@H]1O. The van der Waals surface area contributed by atoms with Crippen molar-refractivity contribution in [3.63, 3.8) is 0 Å². The van der Waals surface area contributed by atoms with E-state index in [4.69, 9.17) is 20.7 Å². The van der Waals surface area contributed by atoms with E-state index in [2.05, 4.69) is 0 Å². The molecule has 4 heteroatoms. The van der Waals surface area contributed by atoms with Gasteiger partial charge in [-0.25, -0.2) is 0 Å². The molecule has 0 amide bonds. The van der Waals surface area contributed by atoms with Gasteiger partial charge in [0.15, 0.2) is 0 Å². The fourth-order valence-corrected chi connectivity index (χ4v) is 0.991. The molecule has 1 rings (SSSR count). The average Bonchev–Trinajstić information content (AvgIpc) is 1.93. The molecule has 1 aliphatic rings. The summed E-state index contributed by atoms with van der Waals surface area (Å²) in [6, 6.07) is -0.453. The molecule has 0 saturated carbocycles. The van der Waals surface area contributed by atoms with Crippen LogP contribution in [0.3, 0.4) is 0 Å². The zero-order valence-electron chi connectivity index (χ0n) is 5.90. The Labute approximate surface area is 59.6 Å². The summed E-state index contributed by atoms with van der Waals surface area (Å²) in [7, 11) is 0. The van der Waals surface area contributed by atoms with Crippen molar-refractivity contribution in [3.8, 4) is 0 Å². The van der Waals surface area contributed by atoms with Crippen LogP contribution in [0.5, 0.6) is 0 Å². The lowest BCUT2D eigenvalue weighted by Crippen LogP contribution is -2.55. The van der Waals surface area contributed by atoms with Crippen molar-refractivity contribution in [1.29, 1.82) is 0 Å². The molecule has 1 saturated heterocycles. The second-order valence-corrected chi connectivity index (χ2v) is 2.68. The highest BCUT2D eigenvalue weighted by atomic mass is 16.5. The maximum absolute atomic E-state index is 9.16. The van der Waals surface area contributed by atoms with Gasteiger partial charge in [0, 0.05) is 0 Å². The highest BCUT2D eigenvalue weighted by molar-refractivity contribution is 4.86. The molecule has 1 aliphatic heterocycles. The van der Waals surface area contributed by atoms with Crippen molar-refractivity contribution in [2.24, 2.45) is 5.73 Å². The van der Waals surface area contributed by atoms with Crippen molar-refractivity contribution in [2.45, 2.75) is 31.3 Å². The van der Waals surface area contributed by atoms with E-state index in [9.17, 15) is 0 Å². The van der Waals surface area contributed by atoms with Gasteiger partial charge in [-0.05, 0) is 6.92 Å². The zero-order valence-corrected chi connectivity index (χ0v) is 5.90. The molecule has 0 aromatic heterocycles. The zero-order chi connectivity index (χ0) is 7.72. The van der Waals surface area contributed by atoms with Gasteiger partial charge in [-0.3, -0.25) is 0 Å². The fourth-order valence-electron chi connectivity index (χ4n) is 0.991. The topological polar surface area (TPSA) is 75.7 Å². The second kappa shape index (κ2) is 2.84. The molecular formula is C6H13NO3. The smallest absolute Gasteiger partial charge is 0.107 e. The van der Waals surface area contributed by atoms with Gasteiger partial charge >= 0.3 is 0 Å². The Bertz CT molecular complexity index is 106. The van der Waals surface area contributed by atoms with Gasteiger partial charge in [-0.15, -0.1) is 0 Å². The van der Waals surface area contributed by atoms with Crippen LogP contribution in [0.2, 0.25) is 0 Å². The molecule has 0 radical (unpaired) electrons. The quantitative estimate of drug-likeness (QED) is 0.388. The van der Waals surface area contributed by atoms with Gasteiger partial charge in [0.2, 0.25) is 0 Å². The van der Waals surface area contributed by atoms with Crippen LogP contribution in [0.1, 0.15) is 6.92 Å². The third-order valence-corrected chi connectivity index (χ3v) is 1.82. The lowest BCUT2D eigenvalue weighted by molar-refractivity contribution is -0.136. The summed E-state index contributed by atoms with van der Waals surface area (Å²) in [6.07, 6.45) is -2.00. The molecular weight excluding hydrogens is 134 g/mol. The van der Waals surface area contributed by atoms with E-state index in [0.29, 0.717) is 6.61 Å². The van der Waals surface area contributed by atoms with Gasteiger partial charge in [0.25, 0.3) is 0 Å². The van der Waals surface area contributed by atoms with E-state index in [-0.39, 0.29) is 6.10 Å². The molecule has 4 N–H and O–H groups in total. The number of hydrogen-bond acceptors (Lipinski definition) is 4. The largest absolute Gasteiger partial charge is 0.389 e. The molecule has 0 aromatic carbocycles. The van der Waals surface area contributed by atoms with Gasteiger partial charge in [0.1, 0.15) is 6.10 Å². The maximum Gasteiger partial charge on any atom is 0.107 e. The van der Waals surface area contributed by atoms with Crippen LogP contribution >= 0.6 is 0 Å². The van der Waals surface area contributed by atoms with Crippen LogP contribution in [-0.4, -0.2) is 41.2 Å². The van der Waals surface area contributed by atoms with Crippen molar-refractivity contribution in [1.82, 2.24) is 0 Å². The fraction of sp³-hybridized carbons (Fsp3) is 1.00. The number of aliphatic hydroxyl groups is 2. The van der Waals surface area contributed by atoms with Gasteiger partial charge in [0.05, 0.1) is 24.9 Å². The Kier molecular flexibility index (Phi) is 2.25. The molecule has 0 spiro atoms. The summed E-state index contributed by atoms with van der Waals surface area (Å²) in [4.78, 5) is 0. The van der Waals surface area contributed by atoms with Crippen LogP contribution in [0.4, 0.5) is 0 Å². The maximum atomic E-state index is 9.16. The molecule has 4 nitrogen and oxygen atoms in total. The highest BCUT2D eigenvalue weighted by Crippen LogP contribution is 2.12. The van der Waals surface area contributed by atoms with E-state index in [0.717, 1.165) is 0 Å². The van der Waals surface area contributed by atoms with Crippen LogP contribution in [0, 0.1) is 0 Å². The molecule has 1 heterocycles. The van der Waals surface area contributed by atoms with E-state index < -0.39 is 18.2 Å². The minimum absolute atomic E-state index is 0.310. The number of hydrogen-bond donors (Lipinski definition) is 3. The Morgan fingerprint density at radius 2 is 2.00 bits per heavy atom. The number of rotatable bonds is 0. The van der Waals surface area contributed by atoms with Crippen molar-refractivity contribution < 1.29 is 14.9 Å². The predicted octanol–water partition coefficient (Wildman–Crippen LogP) is -1.55. The molecule has 0 unspecified atom stereocenters. The lowest BCUT2D eigenvalue weighted by atomic mass is 10.0. The van der Waals surface area contributed by atoms with Crippen molar-refractivity contribution in [2.75, 3.05) is 6.61 Å². The second-order valence-electron chi connectivity index (χ2n) is 2.68. The number of aliphatic hydroxyl groups excluding tert-OH is 2. The minimum atomic E-state index is -0.844. The third kappa shape index (κ3) is 1.29. The normalized spacial score (nSPS) is 49.2. The van der Waals surface area contributed by atoms with Gasteiger partial charge in [-0.1, -0.05) is 0 Å². The first-order chi connectivity index (χ1) is 4.63. The van der Waals surface area contributed by atoms with Gasteiger partial charge < -0.3 is 20.7 Å². The molecule has 4 atom stereocenters. The first-order valence-corrected chi connectivity index (χ1v) is 3.36. The average molecular weight is 147 g/mol. The molecule has 1 fully saturated rings. The Morgan fingerprint density at radius 3 is 2.50 bits per heavy atom.